The topological polar surface area (TPSA) is 19.6 Å². The van der Waals surface area contributed by atoms with E-state index in [0.29, 0.717) is 0 Å². The highest BCUT2D eigenvalue weighted by Crippen LogP contribution is 2.63. The maximum absolute atomic E-state index is 6.95. The molecule has 0 unspecified atom stereocenters. The number of nitrogens with zero attached hydrogens (tertiary/aromatic N) is 2. The van der Waals surface area contributed by atoms with Gasteiger partial charge in [0.1, 0.15) is 5.58 Å². The first kappa shape index (κ1) is 34.7. The number of aryl methyl sites for hydroxylation is 1. The first-order chi connectivity index (χ1) is 29.7. The van der Waals surface area contributed by atoms with Gasteiger partial charge in [0.2, 0.25) is 0 Å². The van der Waals surface area contributed by atoms with Crippen LogP contribution in [0.3, 0.4) is 0 Å². The van der Waals surface area contributed by atoms with Gasteiger partial charge in [0.15, 0.2) is 5.58 Å². The Morgan fingerprint density at radius 1 is 0.400 bits per heavy atom. The van der Waals surface area contributed by atoms with Crippen molar-refractivity contribution in [3.05, 3.63) is 240 Å². The van der Waals surface area contributed by atoms with Crippen molar-refractivity contribution in [1.82, 2.24) is 0 Å². The minimum Gasteiger partial charge on any atom is -0.454 e. The molecule has 1 spiro atoms. The van der Waals surface area contributed by atoms with Crippen molar-refractivity contribution in [2.75, 3.05) is 9.80 Å². The van der Waals surface area contributed by atoms with Gasteiger partial charge >= 0.3 is 0 Å². The van der Waals surface area contributed by atoms with Crippen LogP contribution in [0.1, 0.15) is 27.8 Å². The second kappa shape index (κ2) is 13.7. The molecular weight excluding hydrogens is 749 g/mol. The molecule has 0 atom stereocenters. The van der Waals surface area contributed by atoms with Gasteiger partial charge in [-0.3, -0.25) is 0 Å². The van der Waals surface area contributed by atoms with Gasteiger partial charge in [-0.2, -0.15) is 0 Å². The summed E-state index contributed by atoms with van der Waals surface area (Å²) in [5, 5.41) is 2.14. The van der Waals surface area contributed by atoms with E-state index in [1.165, 1.54) is 48.7 Å². The summed E-state index contributed by atoms with van der Waals surface area (Å²) in [5.74, 6) is 0. The average Bonchev–Trinajstić information content (AvgIpc) is 3.82. The summed E-state index contributed by atoms with van der Waals surface area (Å²) >= 11 is 1.87. The highest BCUT2D eigenvalue weighted by Gasteiger charge is 2.50. The van der Waals surface area contributed by atoms with E-state index in [9.17, 15) is 0 Å². The molecular formula is C56H38N2OS. The lowest BCUT2D eigenvalue weighted by Crippen LogP contribution is -2.32. The van der Waals surface area contributed by atoms with Gasteiger partial charge in [-0.1, -0.05) is 145 Å². The highest BCUT2D eigenvalue weighted by atomic mass is 32.2. The molecule has 284 valence electrons. The summed E-state index contributed by atoms with van der Waals surface area (Å²) in [6.45, 7) is 2.13. The van der Waals surface area contributed by atoms with Crippen LogP contribution in [-0.2, 0) is 5.41 Å². The fraction of sp³-hybridized carbons (Fsp3) is 0.0357. The molecule has 2 aliphatic rings. The van der Waals surface area contributed by atoms with Crippen molar-refractivity contribution in [2.24, 2.45) is 0 Å². The Balaban J connectivity index is 1.07. The number of benzene rings is 9. The Kier molecular flexibility index (Phi) is 7.91. The lowest BCUT2D eigenvalue weighted by molar-refractivity contribution is 0.669. The van der Waals surface area contributed by atoms with E-state index in [-0.39, 0.29) is 0 Å². The van der Waals surface area contributed by atoms with Crippen LogP contribution >= 0.6 is 11.8 Å². The first-order valence-electron chi connectivity index (χ1n) is 20.5. The van der Waals surface area contributed by atoms with Gasteiger partial charge in [-0.05, 0) is 125 Å². The van der Waals surface area contributed by atoms with E-state index in [4.69, 9.17) is 4.42 Å². The van der Waals surface area contributed by atoms with Crippen LogP contribution in [0.25, 0.3) is 33.1 Å². The van der Waals surface area contributed by atoms with E-state index >= 15 is 0 Å². The summed E-state index contributed by atoms with van der Waals surface area (Å²) in [4.78, 5) is 7.28. The summed E-state index contributed by atoms with van der Waals surface area (Å²) in [6, 6.07) is 77.2. The predicted molar refractivity (Wildman–Crippen MR) is 249 cm³/mol. The summed E-state index contributed by atoms with van der Waals surface area (Å²) in [7, 11) is 0. The van der Waals surface area contributed by atoms with E-state index in [0.717, 1.165) is 56.1 Å². The second-order valence-corrected chi connectivity index (χ2v) is 16.8. The van der Waals surface area contributed by atoms with Crippen LogP contribution in [-0.4, -0.2) is 0 Å². The molecule has 10 aromatic rings. The van der Waals surface area contributed by atoms with E-state index < -0.39 is 5.41 Å². The molecule has 1 aliphatic carbocycles. The van der Waals surface area contributed by atoms with E-state index in [1.807, 2.05) is 11.8 Å². The molecule has 0 N–H and O–H groups in total. The number of hydrogen-bond acceptors (Lipinski definition) is 4. The zero-order chi connectivity index (χ0) is 39.8. The Hall–Kier alpha value is -7.27. The molecule has 0 saturated carbocycles. The van der Waals surface area contributed by atoms with Gasteiger partial charge in [-0.15, -0.1) is 0 Å². The Bertz CT molecular complexity index is 3220. The van der Waals surface area contributed by atoms with Crippen LogP contribution in [0.2, 0.25) is 0 Å². The summed E-state index contributed by atoms with van der Waals surface area (Å²) < 4.78 is 6.95. The molecule has 1 aromatic heterocycles. The van der Waals surface area contributed by atoms with Crippen LogP contribution in [0.4, 0.5) is 34.1 Å². The number of para-hydroxylation sites is 3. The van der Waals surface area contributed by atoms with Crippen molar-refractivity contribution < 1.29 is 4.42 Å². The minimum atomic E-state index is -0.480. The molecule has 0 amide bonds. The highest BCUT2D eigenvalue weighted by molar-refractivity contribution is 7.99. The maximum atomic E-state index is 6.95. The number of fused-ring (bicyclic) bond motifs is 12. The molecule has 12 rings (SSSR count). The van der Waals surface area contributed by atoms with Crippen LogP contribution in [0.5, 0.6) is 0 Å². The van der Waals surface area contributed by atoms with Crippen molar-refractivity contribution in [1.29, 1.82) is 0 Å². The van der Waals surface area contributed by atoms with Crippen LogP contribution in [0, 0.1) is 6.92 Å². The zero-order valence-electron chi connectivity index (χ0n) is 32.9. The van der Waals surface area contributed by atoms with Crippen LogP contribution in [0.15, 0.2) is 227 Å². The molecule has 0 fully saturated rings. The standard InChI is InChI=1S/C56H38N2OS/c1-37-27-29-40(30-28-37)57(38-15-4-2-5-16-38)41-32-34-52-46(35-41)45-20-14-24-51(55(45)59-52)58(39-17-6-3-7-18-39)42-31-33-44-43-19-8-9-21-47(43)56(50(44)36-42)48-22-10-12-25-53(48)60-54-26-13-11-23-49(54)56/h2-36H,1H3. The van der Waals surface area contributed by atoms with Crippen LogP contribution < -0.4 is 9.80 Å². The van der Waals surface area contributed by atoms with Crippen molar-refractivity contribution in [3.8, 4) is 11.1 Å². The molecule has 60 heavy (non-hydrogen) atoms. The number of rotatable bonds is 6. The number of hydrogen-bond donors (Lipinski definition) is 0. The Morgan fingerprint density at radius 3 is 1.67 bits per heavy atom. The van der Waals surface area contributed by atoms with Crippen molar-refractivity contribution >= 4 is 67.8 Å². The fourth-order valence-corrected chi connectivity index (χ4v) is 11.0. The van der Waals surface area contributed by atoms with Gasteiger partial charge < -0.3 is 14.2 Å². The van der Waals surface area contributed by atoms with Crippen molar-refractivity contribution in [2.45, 2.75) is 22.1 Å². The quantitative estimate of drug-likeness (QED) is 0.167. The largest absolute Gasteiger partial charge is 0.454 e. The molecule has 1 aliphatic heterocycles. The summed E-state index contributed by atoms with van der Waals surface area (Å²) in [5.41, 5.74) is 16.7. The average molecular weight is 787 g/mol. The lowest BCUT2D eigenvalue weighted by atomic mass is 9.67. The zero-order valence-corrected chi connectivity index (χ0v) is 33.7. The second-order valence-electron chi connectivity index (χ2n) is 15.7. The van der Waals surface area contributed by atoms with E-state index in [2.05, 4.69) is 229 Å². The fourth-order valence-electron chi connectivity index (χ4n) is 9.79. The molecule has 0 radical (unpaired) electrons. The lowest BCUT2D eigenvalue weighted by Gasteiger charge is -2.40. The molecule has 4 heteroatoms. The normalized spacial score (nSPS) is 13.2. The first-order valence-corrected chi connectivity index (χ1v) is 21.3. The third kappa shape index (κ3) is 5.17. The molecule has 0 bridgehead atoms. The summed E-state index contributed by atoms with van der Waals surface area (Å²) in [6.07, 6.45) is 0. The Labute approximate surface area is 353 Å². The number of anilines is 6. The van der Waals surface area contributed by atoms with Gasteiger partial charge in [0, 0.05) is 49.0 Å². The van der Waals surface area contributed by atoms with Gasteiger partial charge in [0.25, 0.3) is 0 Å². The SMILES string of the molecule is Cc1ccc(N(c2ccccc2)c2ccc3oc4c(N(c5ccccc5)c5ccc6c(c5)C5(c7ccccc7Sc7ccccc75)c5ccccc5-6)cccc4c3c2)cc1. The molecule has 0 saturated heterocycles. The molecule has 2 heterocycles. The third-order valence-electron chi connectivity index (χ3n) is 12.4. The molecule has 3 nitrogen and oxygen atoms in total. The Morgan fingerprint density at radius 2 is 0.950 bits per heavy atom. The molecule has 9 aromatic carbocycles. The van der Waals surface area contributed by atoms with Gasteiger partial charge in [0.05, 0.1) is 11.1 Å². The smallest absolute Gasteiger partial charge is 0.159 e. The maximum Gasteiger partial charge on any atom is 0.159 e. The number of furan rings is 1. The van der Waals surface area contributed by atoms with Crippen molar-refractivity contribution in [3.63, 3.8) is 0 Å². The predicted octanol–water partition coefficient (Wildman–Crippen LogP) is 15.7. The van der Waals surface area contributed by atoms with E-state index in [1.54, 1.807) is 0 Å². The van der Waals surface area contributed by atoms with Gasteiger partial charge in [-0.25, -0.2) is 0 Å². The minimum absolute atomic E-state index is 0.480. The monoisotopic (exact) mass is 786 g/mol. The third-order valence-corrected chi connectivity index (χ3v) is 13.5.